The summed E-state index contributed by atoms with van der Waals surface area (Å²) < 4.78 is 5.06. The van der Waals surface area contributed by atoms with E-state index in [0.717, 1.165) is 6.42 Å². The lowest BCUT2D eigenvalue weighted by molar-refractivity contribution is -0.116. The summed E-state index contributed by atoms with van der Waals surface area (Å²) in [6.45, 7) is 0. The smallest absolute Gasteiger partial charge is 0.224 e. The van der Waals surface area contributed by atoms with Crippen LogP contribution in [0.25, 0.3) is 0 Å². The van der Waals surface area contributed by atoms with Gasteiger partial charge in [0, 0.05) is 12.1 Å². The van der Waals surface area contributed by atoms with Gasteiger partial charge in [-0.25, -0.2) is 0 Å². The van der Waals surface area contributed by atoms with Gasteiger partial charge in [-0.15, -0.1) is 0 Å². The fraction of sp³-hybridized carbons (Fsp3) is 0.214. The van der Waals surface area contributed by atoms with Crippen molar-refractivity contribution >= 4 is 34.5 Å². The van der Waals surface area contributed by atoms with E-state index >= 15 is 0 Å². The normalized spacial score (nSPS) is 10.2. The molecule has 0 atom stereocenters. The molecule has 1 aromatic carbocycles. The van der Waals surface area contributed by atoms with Crippen molar-refractivity contribution < 1.29 is 9.53 Å². The fourth-order valence-corrected chi connectivity index (χ4v) is 2.62. The minimum absolute atomic E-state index is 0.0209. The van der Waals surface area contributed by atoms with E-state index in [2.05, 4.69) is 10.7 Å². The lowest BCUT2D eigenvalue weighted by Crippen LogP contribution is -2.12. The largest absolute Gasteiger partial charge is 0.495 e. The summed E-state index contributed by atoms with van der Waals surface area (Å²) in [7, 11) is 1.56. The number of anilines is 1. The van der Waals surface area contributed by atoms with E-state index in [9.17, 15) is 4.79 Å². The van der Waals surface area contributed by atoms with Crippen LogP contribution < -0.4 is 10.1 Å². The van der Waals surface area contributed by atoms with Crippen molar-refractivity contribution in [3.63, 3.8) is 0 Å². The number of rotatable bonds is 5. The Morgan fingerprint density at radius 3 is 2.89 bits per heavy atom. The molecule has 2 rings (SSSR count). The Hall–Kier alpha value is -1.52. The van der Waals surface area contributed by atoms with Gasteiger partial charge in [0.05, 0.1) is 12.1 Å². The van der Waals surface area contributed by atoms with Gasteiger partial charge in [0.1, 0.15) is 5.75 Å². The molecule has 0 aliphatic carbocycles. The van der Waals surface area contributed by atoms with Gasteiger partial charge in [-0.1, -0.05) is 11.6 Å². The van der Waals surface area contributed by atoms with Crippen LogP contribution in [0.4, 0.5) is 5.69 Å². The zero-order valence-electron chi connectivity index (χ0n) is 10.5. The highest BCUT2D eigenvalue weighted by atomic mass is 35.5. The molecule has 100 valence electrons. The van der Waals surface area contributed by atoms with Crippen molar-refractivity contribution in [2.45, 2.75) is 12.8 Å². The summed E-state index contributed by atoms with van der Waals surface area (Å²) in [4.78, 5) is 11.8. The second-order valence-electron chi connectivity index (χ2n) is 4.03. The van der Waals surface area contributed by atoms with Crippen LogP contribution >= 0.6 is 22.9 Å². The zero-order valence-corrected chi connectivity index (χ0v) is 12.1. The molecule has 0 saturated carbocycles. The van der Waals surface area contributed by atoms with Crippen molar-refractivity contribution in [1.82, 2.24) is 0 Å². The number of carbonyl (C=O) groups excluding carboxylic acids is 1. The number of aryl methyl sites for hydroxylation is 1. The quantitative estimate of drug-likeness (QED) is 0.906. The van der Waals surface area contributed by atoms with Gasteiger partial charge in [0.2, 0.25) is 5.91 Å². The van der Waals surface area contributed by atoms with Gasteiger partial charge in [-0.05, 0) is 47.0 Å². The van der Waals surface area contributed by atoms with E-state index in [0.29, 0.717) is 22.9 Å². The topological polar surface area (TPSA) is 38.3 Å². The summed E-state index contributed by atoms with van der Waals surface area (Å²) in [5.41, 5.74) is 1.87. The molecule has 2 aromatic rings. The number of ether oxygens (including phenoxy) is 1. The Bertz CT molecular complexity index is 555. The van der Waals surface area contributed by atoms with Gasteiger partial charge < -0.3 is 10.1 Å². The highest BCUT2D eigenvalue weighted by Gasteiger charge is 2.06. The molecule has 5 heteroatoms. The molecule has 0 bridgehead atoms. The van der Waals surface area contributed by atoms with Crippen LogP contribution in [0.5, 0.6) is 5.75 Å². The third-order valence-electron chi connectivity index (χ3n) is 2.66. The molecule has 0 fully saturated rings. The Balaban J connectivity index is 1.90. The first-order valence-corrected chi connectivity index (χ1v) is 7.15. The summed E-state index contributed by atoms with van der Waals surface area (Å²) in [6, 6.07) is 7.22. The van der Waals surface area contributed by atoms with Gasteiger partial charge in [0.15, 0.2) is 0 Å². The number of amides is 1. The Morgan fingerprint density at radius 2 is 2.26 bits per heavy atom. The van der Waals surface area contributed by atoms with E-state index in [1.165, 1.54) is 5.56 Å². The lowest BCUT2D eigenvalue weighted by Gasteiger charge is -2.07. The molecule has 1 amide bonds. The average Bonchev–Trinajstić information content (AvgIpc) is 2.90. The van der Waals surface area contributed by atoms with E-state index in [1.807, 2.05) is 11.4 Å². The number of carbonyl (C=O) groups is 1. The molecule has 0 aliphatic heterocycles. The second kappa shape index (κ2) is 6.59. The number of hydrogen-bond acceptors (Lipinski definition) is 3. The number of methoxy groups -OCH3 is 1. The number of halogens is 1. The molecular weight excluding hydrogens is 282 g/mol. The van der Waals surface area contributed by atoms with E-state index < -0.39 is 0 Å². The van der Waals surface area contributed by atoms with Crippen LogP contribution in [0.1, 0.15) is 12.0 Å². The second-order valence-corrected chi connectivity index (χ2v) is 5.22. The van der Waals surface area contributed by atoms with Gasteiger partial charge in [0.25, 0.3) is 0 Å². The number of hydrogen-bond donors (Lipinski definition) is 1. The van der Waals surface area contributed by atoms with Crippen molar-refractivity contribution in [3.8, 4) is 5.75 Å². The highest BCUT2D eigenvalue weighted by Crippen LogP contribution is 2.27. The predicted molar refractivity (Wildman–Crippen MR) is 79.3 cm³/mol. The summed E-state index contributed by atoms with van der Waals surface area (Å²) in [6.07, 6.45) is 1.21. The number of benzene rings is 1. The molecule has 0 spiro atoms. The molecule has 0 unspecified atom stereocenters. The van der Waals surface area contributed by atoms with E-state index in [4.69, 9.17) is 16.3 Å². The maximum Gasteiger partial charge on any atom is 0.224 e. The summed E-state index contributed by atoms with van der Waals surface area (Å²) in [5, 5.41) is 7.37. The molecule has 0 aliphatic rings. The molecule has 1 N–H and O–H groups in total. The molecule has 0 saturated heterocycles. The summed E-state index contributed by atoms with van der Waals surface area (Å²) >= 11 is 7.63. The lowest BCUT2D eigenvalue weighted by atomic mass is 10.2. The molecule has 1 aromatic heterocycles. The first kappa shape index (κ1) is 13.9. The van der Waals surface area contributed by atoms with Crippen LogP contribution in [-0.2, 0) is 11.2 Å². The fourth-order valence-electron chi connectivity index (χ4n) is 1.66. The third-order valence-corrected chi connectivity index (χ3v) is 3.68. The molecule has 0 radical (unpaired) electrons. The monoisotopic (exact) mass is 295 g/mol. The van der Waals surface area contributed by atoms with Crippen LogP contribution in [0.15, 0.2) is 35.0 Å². The van der Waals surface area contributed by atoms with E-state index in [1.54, 1.807) is 36.6 Å². The predicted octanol–water partition coefficient (Wildman–Crippen LogP) is 3.98. The maximum absolute atomic E-state index is 11.8. The standard InChI is InChI=1S/C14H14ClNO2S/c1-18-13-4-3-11(8-12(13)15)16-14(17)5-2-10-6-7-19-9-10/h3-4,6-9H,2,5H2,1H3,(H,16,17). The average molecular weight is 296 g/mol. The SMILES string of the molecule is COc1ccc(NC(=O)CCc2ccsc2)cc1Cl. The summed E-state index contributed by atoms with van der Waals surface area (Å²) in [5.74, 6) is 0.574. The number of thiophene rings is 1. The van der Waals surface area contributed by atoms with Gasteiger partial charge >= 0.3 is 0 Å². The van der Waals surface area contributed by atoms with Crippen LogP contribution in [0.2, 0.25) is 5.02 Å². The van der Waals surface area contributed by atoms with Crippen molar-refractivity contribution in [1.29, 1.82) is 0 Å². The van der Waals surface area contributed by atoms with Gasteiger partial charge in [-0.2, -0.15) is 11.3 Å². The Morgan fingerprint density at radius 1 is 1.42 bits per heavy atom. The Labute approximate surface area is 121 Å². The highest BCUT2D eigenvalue weighted by molar-refractivity contribution is 7.07. The first-order chi connectivity index (χ1) is 9.19. The van der Waals surface area contributed by atoms with Crippen molar-refractivity contribution in [2.75, 3.05) is 12.4 Å². The van der Waals surface area contributed by atoms with Crippen molar-refractivity contribution in [3.05, 3.63) is 45.6 Å². The molecule has 3 nitrogen and oxygen atoms in total. The number of nitrogens with one attached hydrogen (secondary N) is 1. The van der Waals surface area contributed by atoms with Crippen molar-refractivity contribution in [2.24, 2.45) is 0 Å². The van der Waals surface area contributed by atoms with Crippen LogP contribution in [0.3, 0.4) is 0 Å². The molecular formula is C14H14ClNO2S. The first-order valence-electron chi connectivity index (χ1n) is 5.83. The molecule has 19 heavy (non-hydrogen) atoms. The minimum Gasteiger partial charge on any atom is -0.495 e. The van der Waals surface area contributed by atoms with E-state index in [-0.39, 0.29) is 5.91 Å². The van der Waals surface area contributed by atoms with Gasteiger partial charge in [-0.3, -0.25) is 4.79 Å². The maximum atomic E-state index is 11.8. The third kappa shape index (κ3) is 3.98. The molecule has 1 heterocycles. The van der Waals surface area contributed by atoms with Crippen LogP contribution in [-0.4, -0.2) is 13.0 Å². The minimum atomic E-state index is -0.0209. The zero-order chi connectivity index (χ0) is 13.7. The van der Waals surface area contributed by atoms with Crippen LogP contribution in [0, 0.1) is 0 Å². The Kier molecular flexibility index (Phi) is 4.82.